The van der Waals surface area contributed by atoms with Gasteiger partial charge in [0.2, 0.25) is 11.8 Å². The lowest BCUT2D eigenvalue weighted by atomic mass is 9.70. The first kappa shape index (κ1) is 24.6. The van der Waals surface area contributed by atoms with E-state index in [-0.39, 0.29) is 42.5 Å². The van der Waals surface area contributed by atoms with Crippen LogP contribution >= 0.6 is 12.4 Å². The van der Waals surface area contributed by atoms with Crippen molar-refractivity contribution in [2.24, 2.45) is 16.4 Å². The lowest BCUT2D eigenvalue weighted by molar-refractivity contribution is -0.154. The molecular formula is C19H30ClN5O4. The molecule has 1 atom stereocenters. The number of amides is 2. The zero-order valence-electron chi connectivity index (χ0n) is 17.2. The van der Waals surface area contributed by atoms with Crippen LogP contribution in [0.4, 0.5) is 0 Å². The average molecular weight is 428 g/mol. The number of hydrogen-bond donors (Lipinski definition) is 5. The first-order valence-corrected chi connectivity index (χ1v) is 9.50. The molecule has 1 aliphatic heterocycles. The number of aryl methyl sites for hydroxylation is 1. The van der Waals surface area contributed by atoms with E-state index in [0.29, 0.717) is 23.2 Å². The molecule has 10 heteroatoms. The fourth-order valence-electron chi connectivity index (χ4n) is 3.62. The number of nitrogens with zero attached hydrogens (tertiary/aromatic N) is 2. The number of pyridine rings is 1. The SMILES string of the molecule is CCCC(C)C1(CC)C(=O)NC(N/N=C/c2c(CO)cnc(C)c2O)NC1=O.Cl. The van der Waals surface area contributed by atoms with Crippen LogP contribution in [0.1, 0.15) is 56.9 Å². The number of nitrogens with one attached hydrogen (secondary N) is 3. The molecule has 0 bridgehead atoms. The molecule has 1 unspecified atom stereocenters. The van der Waals surface area contributed by atoms with Crippen molar-refractivity contribution >= 4 is 30.4 Å². The van der Waals surface area contributed by atoms with Gasteiger partial charge in [0.05, 0.1) is 18.5 Å². The molecular weight excluding hydrogens is 398 g/mol. The Balaban J connectivity index is 0.00000420. The summed E-state index contributed by atoms with van der Waals surface area (Å²) in [4.78, 5) is 29.5. The van der Waals surface area contributed by atoms with Crippen molar-refractivity contribution in [3.63, 3.8) is 0 Å². The van der Waals surface area contributed by atoms with Crippen LogP contribution in [0.5, 0.6) is 5.75 Å². The smallest absolute Gasteiger partial charge is 0.238 e. The van der Waals surface area contributed by atoms with Crippen molar-refractivity contribution < 1.29 is 19.8 Å². The Labute approximate surface area is 176 Å². The van der Waals surface area contributed by atoms with Crippen LogP contribution in [0.3, 0.4) is 0 Å². The molecule has 1 fully saturated rings. The maximum absolute atomic E-state index is 12.8. The molecule has 5 N–H and O–H groups in total. The van der Waals surface area contributed by atoms with Crippen molar-refractivity contribution in [2.45, 2.75) is 59.9 Å². The molecule has 1 aliphatic rings. The highest BCUT2D eigenvalue weighted by atomic mass is 35.5. The Morgan fingerprint density at radius 3 is 2.48 bits per heavy atom. The van der Waals surface area contributed by atoms with Crippen LogP contribution in [0.2, 0.25) is 0 Å². The Morgan fingerprint density at radius 2 is 1.97 bits per heavy atom. The van der Waals surface area contributed by atoms with E-state index in [0.717, 1.165) is 12.8 Å². The number of carbonyl (C=O) groups excluding carboxylic acids is 2. The molecule has 0 aliphatic carbocycles. The third-order valence-electron chi connectivity index (χ3n) is 5.41. The number of rotatable bonds is 8. The number of aromatic hydroxyl groups is 1. The third kappa shape index (κ3) is 4.79. The number of hydrazone groups is 1. The van der Waals surface area contributed by atoms with Crippen molar-refractivity contribution in [1.29, 1.82) is 0 Å². The van der Waals surface area contributed by atoms with Crippen molar-refractivity contribution in [3.05, 3.63) is 23.0 Å². The topological polar surface area (TPSA) is 136 Å². The molecule has 29 heavy (non-hydrogen) atoms. The van der Waals surface area contributed by atoms with E-state index in [1.165, 1.54) is 12.4 Å². The molecule has 0 radical (unpaired) electrons. The van der Waals surface area contributed by atoms with E-state index in [1.54, 1.807) is 6.92 Å². The van der Waals surface area contributed by atoms with Gasteiger partial charge in [0.15, 0.2) is 6.29 Å². The molecule has 0 aromatic carbocycles. The number of carbonyl (C=O) groups is 2. The van der Waals surface area contributed by atoms with Gasteiger partial charge in [-0.1, -0.05) is 27.2 Å². The van der Waals surface area contributed by atoms with Gasteiger partial charge < -0.3 is 20.8 Å². The maximum atomic E-state index is 12.8. The summed E-state index contributed by atoms with van der Waals surface area (Å²) >= 11 is 0. The second-order valence-corrected chi connectivity index (χ2v) is 7.07. The van der Waals surface area contributed by atoms with Gasteiger partial charge in [-0.3, -0.25) is 20.0 Å². The van der Waals surface area contributed by atoms with Crippen molar-refractivity contribution in [3.8, 4) is 5.75 Å². The molecule has 2 heterocycles. The summed E-state index contributed by atoms with van der Waals surface area (Å²) in [6, 6.07) is 0. The Kier molecular flexibility index (Phi) is 8.84. The maximum Gasteiger partial charge on any atom is 0.238 e. The highest BCUT2D eigenvalue weighted by Crippen LogP contribution is 2.37. The third-order valence-corrected chi connectivity index (χ3v) is 5.41. The van der Waals surface area contributed by atoms with Crippen molar-refractivity contribution in [1.82, 2.24) is 21.0 Å². The van der Waals surface area contributed by atoms with E-state index in [2.05, 4.69) is 26.1 Å². The van der Waals surface area contributed by atoms with E-state index in [4.69, 9.17) is 0 Å². The summed E-state index contributed by atoms with van der Waals surface area (Å²) in [6.07, 6.45) is 3.96. The lowest BCUT2D eigenvalue weighted by Gasteiger charge is -2.41. The van der Waals surface area contributed by atoms with Crippen LogP contribution in [-0.4, -0.2) is 39.5 Å². The van der Waals surface area contributed by atoms with E-state index >= 15 is 0 Å². The van der Waals surface area contributed by atoms with Gasteiger partial charge in [0.1, 0.15) is 11.2 Å². The standard InChI is InChI=1S/C19H29N5O4.ClH/c1-5-7-11(3)19(6-2)16(27)22-18(23-17(19)28)24-21-9-14-13(10-25)8-20-12(4)15(14)26;/h8-9,11,18,24-26H,5-7,10H2,1-4H3,(H,22,27)(H,23,28);1H/b21-9+;. The first-order valence-electron chi connectivity index (χ1n) is 9.50. The van der Waals surface area contributed by atoms with E-state index in [9.17, 15) is 19.8 Å². The highest BCUT2D eigenvalue weighted by molar-refractivity contribution is 6.07. The molecule has 1 saturated heterocycles. The summed E-state index contributed by atoms with van der Waals surface area (Å²) in [5.74, 6) is -0.833. The summed E-state index contributed by atoms with van der Waals surface area (Å²) in [7, 11) is 0. The number of halogens is 1. The van der Waals surface area contributed by atoms with Gasteiger partial charge in [0.25, 0.3) is 0 Å². The zero-order valence-corrected chi connectivity index (χ0v) is 18.0. The second kappa shape index (κ2) is 10.4. The van der Waals surface area contributed by atoms with Crippen LogP contribution in [0.25, 0.3) is 0 Å². The molecule has 1 aromatic heterocycles. The number of aliphatic hydroxyl groups is 1. The quantitative estimate of drug-likeness (QED) is 0.241. The van der Waals surface area contributed by atoms with Crippen molar-refractivity contribution in [2.75, 3.05) is 0 Å². The predicted octanol–water partition coefficient (Wildman–Crippen LogP) is 1.30. The van der Waals surface area contributed by atoms with Crippen LogP contribution in [0, 0.1) is 18.3 Å². The second-order valence-electron chi connectivity index (χ2n) is 7.07. The molecule has 162 valence electrons. The minimum absolute atomic E-state index is 0. The van der Waals surface area contributed by atoms with Gasteiger partial charge in [-0.15, -0.1) is 12.4 Å². The van der Waals surface area contributed by atoms with Gasteiger partial charge in [0, 0.05) is 17.3 Å². The van der Waals surface area contributed by atoms with Gasteiger partial charge >= 0.3 is 0 Å². The van der Waals surface area contributed by atoms with Gasteiger partial charge in [-0.2, -0.15) is 5.10 Å². The fourth-order valence-corrected chi connectivity index (χ4v) is 3.62. The van der Waals surface area contributed by atoms with Gasteiger partial charge in [-0.25, -0.2) is 0 Å². The van der Waals surface area contributed by atoms with E-state index < -0.39 is 11.7 Å². The highest BCUT2D eigenvalue weighted by Gasteiger charge is 2.52. The minimum atomic E-state index is -1.09. The molecule has 2 amide bonds. The number of hydrogen-bond acceptors (Lipinski definition) is 7. The normalized spacial score (nSPS) is 22.6. The first-order chi connectivity index (χ1) is 13.3. The average Bonchev–Trinajstić information content (AvgIpc) is 2.66. The Morgan fingerprint density at radius 1 is 1.34 bits per heavy atom. The summed E-state index contributed by atoms with van der Waals surface area (Å²) in [5, 5.41) is 29.0. The fraction of sp³-hybridized carbons (Fsp3) is 0.579. The lowest BCUT2D eigenvalue weighted by Crippen LogP contribution is -2.69. The molecule has 1 aromatic rings. The Hall–Kier alpha value is -2.39. The molecule has 0 saturated carbocycles. The van der Waals surface area contributed by atoms with Crippen LogP contribution < -0.4 is 16.1 Å². The number of aliphatic hydroxyl groups excluding tert-OH is 1. The molecule has 9 nitrogen and oxygen atoms in total. The molecule has 0 spiro atoms. The monoisotopic (exact) mass is 427 g/mol. The predicted molar refractivity (Wildman–Crippen MR) is 111 cm³/mol. The van der Waals surface area contributed by atoms with Gasteiger partial charge in [-0.05, 0) is 25.7 Å². The summed E-state index contributed by atoms with van der Waals surface area (Å²) in [5.41, 5.74) is 2.68. The Bertz CT molecular complexity index is 753. The van der Waals surface area contributed by atoms with Crippen LogP contribution in [-0.2, 0) is 16.2 Å². The number of aromatic nitrogens is 1. The van der Waals surface area contributed by atoms with Crippen LogP contribution in [0.15, 0.2) is 11.3 Å². The summed E-state index contributed by atoms with van der Waals surface area (Å²) in [6.45, 7) is 7.09. The largest absolute Gasteiger partial charge is 0.505 e. The minimum Gasteiger partial charge on any atom is -0.505 e. The summed E-state index contributed by atoms with van der Waals surface area (Å²) < 4.78 is 0. The zero-order chi connectivity index (χ0) is 20.9. The molecule has 2 rings (SSSR count). The van der Waals surface area contributed by atoms with E-state index in [1.807, 2.05) is 20.8 Å².